The lowest BCUT2D eigenvalue weighted by molar-refractivity contribution is -0.125. The predicted octanol–water partition coefficient (Wildman–Crippen LogP) is 3.67. The molecule has 3 atom stereocenters. The molecule has 0 heterocycles. The molecule has 7 heteroatoms. The number of rotatable bonds is 8. The van der Waals surface area contributed by atoms with Crippen LogP contribution in [0.5, 0.6) is 0 Å². The molecule has 24 heavy (non-hydrogen) atoms. The van der Waals surface area contributed by atoms with E-state index in [1.165, 1.54) is 0 Å². The van der Waals surface area contributed by atoms with Gasteiger partial charge in [0.25, 0.3) is 0 Å². The second kappa shape index (κ2) is 12.8. The summed E-state index contributed by atoms with van der Waals surface area (Å²) in [6.07, 6.45) is 0. The molecule has 0 bridgehead atoms. The average molecular weight is 399 g/mol. The maximum Gasteiger partial charge on any atom is 0.224 e. The zero-order chi connectivity index (χ0) is 16.7. The van der Waals surface area contributed by atoms with Crippen molar-refractivity contribution in [2.24, 2.45) is 11.7 Å². The summed E-state index contributed by atoms with van der Waals surface area (Å²) in [6.45, 7) is 10.2. The Morgan fingerprint density at radius 3 is 2.21 bits per heavy atom. The summed E-state index contributed by atoms with van der Waals surface area (Å²) in [5, 5.41) is 3.75. The maximum atomic E-state index is 12.2. The maximum absolute atomic E-state index is 12.2. The van der Waals surface area contributed by atoms with Crippen LogP contribution in [0.2, 0.25) is 5.02 Å². The van der Waals surface area contributed by atoms with E-state index in [4.69, 9.17) is 17.3 Å². The van der Waals surface area contributed by atoms with E-state index in [1.807, 2.05) is 38.1 Å². The number of carbonyl (C=O) groups excluding carboxylic acids is 1. The van der Waals surface area contributed by atoms with Crippen molar-refractivity contribution in [1.82, 2.24) is 10.2 Å². The van der Waals surface area contributed by atoms with Crippen molar-refractivity contribution >= 4 is 42.3 Å². The molecular weight excluding hydrogens is 369 g/mol. The monoisotopic (exact) mass is 397 g/mol. The van der Waals surface area contributed by atoms with Gasteiger partial charge in [0.05, 0.1) is 6.04 Å². The van der Waals surface area contributed by atoms with E-state index in [0.29, 0.717) is 6.54 Å². The molecule has 0 radical (unpaired) electrons. The zero-order valence-electron chi connectivity index (χ0n) is 14.8. The lowest BCUT2D eigenvalue weighted by atomic mass is 10.0. The summed E-state index contributed by atoms with van der Waals surface area (Å²) in [4.78, 5) is 14.5. The third-order valence-corrected chi connectivity index (χ3v) is 4.53. The number of hydrogen-bond acceptors (Lipinski definition) is 3. The van der Waals surface area contributed by atoms with Gasteiger partial charge >= 0.3 is 0 Å². The number of carbonyl (C=O) groups is 1. The Balaban J connectivity index is 0. The van der Waals surface area contributed by atoms with Crippen LogP contribution in [-0.2, 0) is 4.79 Å². The Morgan fingerprint density at radius 1 is 1.21 bits per heavy atom. The smallest absolute Gasteiger partial charge is 0.224 e. The van der Waals surface area contributed by atoms with E-state index in [-0.39, 0.29) is 48.7 Å². The van der Waals surface area contributed by atoms with Crippen molar-refractivity contribution in [3.63, 3.8) is 0 Å². The van der Waals surface area contributed by atoms with E-state index >= 15 is 0 Å². The minimum atomic E-state index is -0.205. The highest BCUT2D eigenvalue weighted by Crippen LogP contribution is 2.27. The van der Waals surface area contributed by atoms with E-state index in [2.05, 4.69) is 24.1 Å². The lowest BCUT2D eigenvalue weighted by Gasteiger charge is -2.31. The third kappa shape index (κ3) is 7.16. The molecule has 0 spiro atoms. The Bertz CT molecular complexity index is 482. The molecule has 140 valence electrons. The molecule has 0 saturated carbocycles. The second-order valence-corrected chi connectivity index (χ2v) is 6.06. The first-order valence-electron chi connectivity index (χ1n) is 7.94. The van der Waals surface area contributed by atoms with Gasteiger partial charge in [0.2, 0.25) is 5.91 Å². The molecule has 3 unspecified atom stereocenters. The van der Waals surface area contributed by atoms with E-state index in [1.54, 1.807) is 0 Å². The van der Waals surface area contributed by atoms with Crippen LogP contribution in [0.3, 0.4) is 0 Å². The van der Waals surface area contributed by atoms with Gasteiger partial charge in [0, 0.05) is 23.5 Å². The number of amides is 1. The SMILES string of the molecule is CCN(CC)C(CNC(=O)C(C)C(C)N)c1ccccc1Cl.Cl.Cl. The molecule has 0 fully saturated rings. The van der Waals surface area contributed by atoms with Gasteiger partial charge in [-0.3, -0.25) is 9.69 Å². The molecule has 0 aliphatic carbocycles. The lowest BCUT2D eigenvalue weighted by Crippen LogP contribution is -2.43. The highest BCUT2D eigenvalue weighted by molar-refractivity contribution is 6.31. The summed E-state index contributed by atoms with van der Waals surface area (Å²) in [5.41, 5.74) is 6.84. The van der Waals surface area contributed by atoms with Crippen LogP contribution in [0, 0.1) is 5.92 Å². The fraction of sp³-hybridized carbons (Fsp3) is 0.588. The van der Waals surface area contributed by atoms with Crippen LogP contribution >= 0.6 is 36.4 Å². The van der Waals surface area contributed by atoms with Crippen LogP contribution in [0.4, 0.5) is 0 Å². The predicted molar refractivity (Wildman–Crippen MR) is 107 cm³/mol. The molecule has 4 nitrogen and oxygen atoms in total. The highest BCUT2D eigenvalue weighted by Gasteiger charge is 2.23. The van der Waals surface area contributed by atoms with E-state index in [0.717, 1.165) is 23.7 Å². The Kier molecular flexibility index (Phi) is 13.7. The fourth-order valence-electron chi connectivity index (χ4n) is 2.44. The molecule has 0 aliphatic rings. The second-order valence-electron chi connectivity index (χ2n) is 5.65. The van der Waals surface area contributed by atoms with Crippen molar-refractivity contribution in [1.29, 1.82) is 0 Å². The van der Waals surface area contributed by atoms with E-state index in [9.17, 15) is 4.79 Å². The van der Waals surface area contributed by atoms with Gasteiger partial charge in [0.15, 0.2) is 0 Å². The molecule has 1 amide bonds. The topological polar surface area (TPSA) is 58.4 Å². The zero-order valence-corrected chi connectivity index (χ0v) is 17.2. The molecule has 3 N–H and O–H groups in total. The summed E-state index contributed by atoms with van der Waals surface area (Å²) in [6, 6.07) is 7.71. The van der Waals surface area contributed by atoms with Crippen molar-refractivity contribution in [3.8, 4) is 0 Å². The number of halogens is 3. The van der Waals surface area contributed by atoms with Crippen LogP contribution < -0.4 is 11.1 Å². The van der Waals surface area contributed by atoms with Gasteiger partial charge in [-0.1, -0.05) is 50.6 Å². The largest absolute Gasteiger partial charge is 0.354 e. The Labute approximate surface area is 163 Å². The van der Waals surface area contributed by atoms with Gasteiger partial charge in [0.1, 0.15) is 0 Å². The quantitative estimate of drug-likeness (QED) is 0.702. The Hall–Kier alpha value is -0.520. The summed E-state index contributed by atoms with van der Waals surface area (Å²) < 4.78 is 0. The van der Waals surface area contributed by atoms with Crippen molar-refractivity contribution in [2.45, 2.75) is 39.8 Å². The van der Waals surface area contributed by atoms with Crippen molar-refractivity contribution in [3.05, 3.63) is 34.9 Å². The number of benzene rings is 1. The first kappa shape index (κ1) is 25.7. The average Bonchev–Trinajstić information content (AvgIpc) is 2.51. The fourth-order valence-corrected chi connectivity index (χ4v) is 2.70. The van der Waals surface area contributed by atoms with Gasteiger partial charge in [-0.05, 0) is 31.6 Å². The molecular formula is C17H30Cl3N3O. The highest BCUT2D eigenvalue weighted by atomic mass is 35.5. The number of likely N-dealkylation sites (N-methyl/N-ethyl adjacent to an activating group) is 1. The molecule has 0 saturated heterocycles. The first-order chi connectivity index (χ1) is 10.4. The normalized spacial score (nSPS) is 14.1. The number of nitrogens with one attached hydrogen (secondary N) is 1. The number of hydrogen-bond donors (Lipinski definition) is 2. The number of nitrogens with two attached hydrogens (primary N) is 1. The minimum Gasteiger partial charge on any atom is -0.354 e. The third-order valence-electron chi connectivity index (χ3n) is 4.19. The van der Waals surface area contributed by atoms with Crippen LogP contribution in [0.15, 0.2) is 24.3 Å². The molecule has 1 aromatic carbocycles. The summed E-state index contributed by atoms with van der Waals surface area (Å²) in [5.74, 6) is -0.220. The first-order valence-corrected chi connectivity index (χ1v) is 8.31. The van der Waals surface area contributed by atoms with Gasteiger partial charge in [-0.2, -0.15) is 0 Å². The van der Waals surface area contributed by atoms with Crippen LogP contribution in [0.25, 0.3) is 0 Å². The van der Waals surface area contributed by atoms with Gasteiger partial charge < -0.3 is 11.1 Å². The minimum absolute atomic E-state index is 0. The summed E-state index contributed by atoms with van der Waals surface area (Å²) in [7, 11) is 0. The molecule has 1 rings (SSSR count). The number of nitrogens with zero attached hydrogens (tertiary/aromatic N) is 1. The van der Waals surface area contributed by atoms with Crippen LogP contribution in [0.1, 0.15) is 39.3 Å². The molecule has 1 aromatic rings. The standard InChI is InChI=1S/C17H28ClN3O.2ClH/c1-5-21(6-2)16(14-9-7-8-10-15(14)18)11-20-17(22)12(3)13(4)19;;/h7-10,12-13,16H,5-6,11,19H2,1-4H3,(H,20,22);2*1H. The van der Waals surface area contributed by atoms with E-state index < -0.39 is 0 Å². The van der Waals surface area contributed by atoms with Crippen molar-refractivity contribution < 1.29 is 4.79 Å². The molecule has 0 aromatic heterocycles. The Morgan fingerprint density at radius 2 is 1.75 bits per heavy atom. The van der Waals surface area contributed by atoms with Gasteiger partial charge in [-0.15, -0.1) is 24.8 Å². The molecule has 0 aliphatic heterocycles. The van der Waals surface area contributed by atoms with Crippen molar-refractivity contribution in [2.75, 3.05) is 19.6 Å². The van der Waals surface area contributed by atoms with Crippen LogP contribution in [-0.4, -0.2) is 36.5 Å². The summed E-state index contributed by atoms with van der Waals surface area (Å²) >= 11 is 6.35. The van der Waals surface area contributed by atoms with Gasteiger partial charge in [-0.25, -0.2) is 0 Å².